The average Bonchev–Trinajstić information content (AvgIpc) is 3.40. The van der Waals surface area contributed by atoms with Crippen molar-refractivity contribution in [2.24, 2.45) is 5.41 Å². The number of hydrogen-bond donors (Lipinski definition) is 2. The molecule has 4 aromatic rings. The summed E-state index contributed by atoms with van der Waals surface area (Å²) in [5.74, 6) is -1.00. The monoisotopic (exact) mass is 629 g/mol. The van der Waals surface area contributed by atoms with Crippen LogP contribution in [0.15, 0.2) is 55.0 Å². The lowest BCUT2D eigenvalue weighted by molar-refractivity contribution is -0.176. The van der Waals surface area contributed by atoms with E-state index in [0.717, 1.165) is 18.3 Å². The minimum absolute atomic E-state index is 0.0346. The van der Waals surface area contributed by atoms with Gasteiger partial charge in [-0.25, -0.2) is 23.7 Å². The number of piperidine rings is 1. The topological polar surface area (TPSA) is 128 Å². The van der Waals surface area contributed by atoms with Gasteiger partial charge in [0.05, 0.1) is 30.2 Å². The summed E-state index contributed by atoms with van der Waals surface area (Å²) in [7, 11) is 0. The zero-order chi connectivity index (χ0) is 32.1. The highest BCUT2D eigenvalue weighted by molar-refractivity contribution is 6.04. The average molecular weight is 630 g/mol. The fourth-order valence-electron chi connectivity index (χ4n) is 5.80. The van der Waals surface area contributed by atoms with Gasteiger partial charge >= 0.3 is 6.18 Å². The van der Waals surface area contributed by atoms with Gasteiger partial charge in [-0.15, -0.1) is 0 Å². The number of carbonyl (C=O) groups is 2. The lowest BCUT2D eigenvalue weighted by atomic mass is 9.83. The minimum atomic E-state index is -4.59. The number of carbonyl (C=O) groups excluding carboxylic acids is 2. The third kappa shape index (κ3) is 5.67. The Morgan fingerprint density at radius 3 is 2.47 bits per heavy atom. The Bertz CT molecular complexity index is 1760. The van der Waals surface area contributed by atoms with E-state index < -0.39 is 35.5 Å². The van der Waals surface area contributed by atoms with Crippen LogP contribution in [0.25, 0.3) is 16.8 Å². The first kappa shape index (κ1) is 30.4. The summed E-state index contributed by atoms with van der Waals surface area (Å²) in [6.45, 7) is 2.09. The molecule has 1 aromatic carbocycles. The standard InChI is InChI=1S/C30H28F5N7O3/c1-29(14-45-15-29)28(44)42-13-18(6-7-20(42)24(31)32)26-40-22(23-25(36)38-10-11-41(23)26)16-2-4-17(5-3-16)27(43)39-21-12-19(8-9-37-21)30(33,34)35/h2-5,8-12,18,20,24H,6-7,13-15H2,1H3,(H2,36,38)(H,37,39,43)/t18-,20?/m1/s1. The van der Waals surface area contributed by atoms with E-state index in [0.29, 0.717) is 29.0 Å². The Morgan fingerprint density at radius 2 is 1.82 bits per heavy atom. The number of nitrogens with two attached hydrogens (primary N) is 1. The maximum absolute atomic E-state index is 14.0. The predicted octanol–water partition coefficient (Wildman–Crippen LogP) is 5.02. The molecular weight excluding hydrogens is 601 g/mol. The third-order valence-corrected chi connectivity index (χ3v) is 8.26. The van der Waals surface area contributed by atoms with Crippen molar-refractivity contribution in [2.75, 3.05) is 30.8 Å². The van der Waals surface area contributed by atoms with Crippen LogP contribution in [-0.2, 0) is 15.7 Å². The van der Waals surface area contributed by atoms with E-state index >= 15 is 0 Å². The molecule has 2 amide bonds. The van der Waals surface area contributed by atoms with Crippen molar-refractivity contribution in [1.82, 2.24) is 24.3 Å². The molecule has 236 valence electrons. The van der Waals surface area contributed by atoms with Crippen molar-refractivity contribution >= 4 is 29.0 Å². The van der Waals surface area contributed by atoms with E-state index in [1.807, 2.05) is 0 Å². The van der Waals surface area contributed by atoms with Crippen molar-refractivity contribution in [3.8, 4) is 11.3 Å². The maximum Gasteiger partial charge on any atom is 0.416 e. The SMILES string of the molecule is CC1(C(=O)N2C[C@H](c3nc(-c4ccc(C(=O)Nc5cc(C(F)(F)F)ccn5)cc4)c4c(N)nccn34)CCC2C(F)F)COC1. The summed E-state index contributed by atoms with van der Waals surface area (Å²) in [5.41, 5.74) is 6.06. The molecular formula is C30H28F5N7O3. The van der Waals surface area contributed by atoms with E-state index in [1.54, 1.807) is 29.7 Å². The number of fused-ring (bicyclic) bond motifs is 1. The van der Waals surface area contributed by atoms with Gasteiger partial charge in [-0.3, -0.25) is 14.0 Å². The number of nitrogen functional groups attached to an aromatic ring is 1. The largest absolute Gasteiger partial charge is 0.416 e. The van der Waals surface area contributed by atoms with Gasteiger partial charge in [0.1, 0.15) is 28.7 Å². The number of pyridine rings is 1. The highest BCUT2D eigenvalue weighted by atomic mass is 19.4. The second kappa shape index (κ2) is 11.4. The Balaban J connectivity index is 1.28. The van der Waals surface area contributed by atoms with Crippen LogP contribution in [0.1, 0.15) is 47.4 Å². The predicted molar refractivity (Wildman–Crippen MR) is 152 cm³/mol. The van der Waals surface area contributed by atoms with Gasteiger partial charge in [-0.1, -0.05) is 12.1 Å². The number of imidazole rings is 1. The molecule has 6 rings (SSSR count). The number of amides is 2. The molecule has 5 heterocycles. The Labute approximate surface area is 253 Å². The number of nitrogens with zero attached hydrogens (tertiary/aromatic N) is 5. The molecule has 0 saturated carbocycles. The highest BCUT2D eigenvalue weighted by Crippen LogP contribution is 2.39. The minimum Gasteiger partial charge on any atom is -0.382 e. The van der Waals surface area contributed by atoms with E-state index in [2.05, 4.69) is 15.3 Å². The third-order valence-electron chi connectivity index (χ3n) is 8.26. The first-order valence-electron chi connectivity index (χ1n) is 14.1. The molecule has 10 nitrogen and oxygen atoms in total. The normalized spacial score (nSPS) is 19.8. The van der Waals surface area contributed by atoms with Gasteiger partial charge in [0.25, 0.3) is 12.3 Å². The molecule has 15 heteroatoms. The second-order valence-corrected chi connectivity index (χ2v) is 11.5. The quantitative estimate of drug-likeness (QED) is 0.287. The fourth-order valence-corrected chi connectivity index (χ4v) is 5.80. The molecule has 1 unspecified atom stereocenters. The molecule has 0 radical (unpaired) electrons. The molecule has 2 saturated heterocycles. The molecule has 0 spiro atoms. The molecule has 0 bridgehead atoms. The van der Waals surface area contributed by atoms with Crippen LogP contribution < -0.4 is 11.1 Å². The van der Waals surface area contributed by atoms with Gasteiger partial charge in [0, 0.05) is 42.2 Å². The van der Waals surface area contributed by atoms with Crippen LogP contribution in [-0.4, -0.2) is 68.3 Å². The summed E-state index contributed by atoms with van der Waals surface area (Å²) in [5, 5.41) is 2.37. The first-order valence-corrected chi connectivity index (χ1v) is 14.1. The lowest BCUT2D eigenvalue weighted by Gasteiger charge is -2.46. The van der Waals surface area contributed by atoms with E-state index in [4.69, 9.17) is 15.5 Å². The Morgan fingerprint density at radius 1 is 1.09 bits per heavy atom. The number of ether oxygens (including phenoxy) is 1. The van der Waals surface area contributed by atoms with Gasteiger partial charge in [-0.2, -0.15) is 13.2 Å². The molecule has 3 aromatic heterocycles. The Hall–Kier alpha value is -4.66. The van der Waals surface area contributed by atoms with Crippen LogP contribution in [0, 0.1) is 5.41 Å². The number of alkyl halides is 5. The van der Waals surface area contributed by atoms with Crippen molar-refractivity contribution in [3.05, 3.63) is 71.9 Å². The fraction of sp³-hybridized carbons (Fsp3) is 0.367. The van der Waals surface area contributed by atoms with Crippen LogP contribution in [0.4, 0.5) is 33.6 Å². The number of benzene rings is 1. The molecule has 3 N–H and O–H groups in total. The lowest BCUT2D eigenvalue weighted by Crippen LogP contribution is -2.59. The number of hydrogen-bond acceptors (Lipinski definition) is 7. The molecule has 2 aliphatic heterocycles. The summed E-state index contributed by atoms with van der Waals surface area (Å²) < 4.78 is 74.2. The smallest absolute Gasteiger partial charge is 0.382 e. The molecule has 45 heavy (non-hydrogen) atoms. The number of likely N-dealkylation sites (tertiary alicyclic amines) is 1. The van der Waals surface area contributed by atoms with E-state index in [-0.39, 0.29) is 55.2 Å². The van der Waals surface area contributed by atoms with Gasteiger partial charge in [0.15, 0.2) is 0 Å². The van der Waals surface area contributed by atoms with E-state index in [9.17, 15) is 31.5 Å². The summed E-state index contributed by atoms with van der Waals surface area (Å²) in [6, 6.07) is 6.50. The second-order valence-electron chi connectivity index (χ2n) is 11.5. The first-order chi connectivity index (χ1) is 21.4. The molecule has 2 aliphatic rings. The maximum atomic E-state index is 14.0. The van der Waals surface area contributed by atoms with E-state index in [1.165, 1.54) is 23.2 Å². The number of rotatable bonds is 6. The zero-order valence-corrected chi connectivity index (χ0v) is 23.9. The van der Waals surface area contributed by atoms with Gasteiger partial charge < -0.3 is 20.7 Å². The van der Waals surface area contributed by atoms with Crippen LogP contribution >= 0.6 is 0 Å². The van der Waals surface area contributed by atoms with Gasteiger partial charge in [0.2, 0.25) is 5.91 Å². The zero-order valence-electron chi connectivity index (χ0n) is 23.9. The number of anilines is 2. The van der Waals surface area contributed by atoms with Crippen molar-refractivity contribution < 1.29 is 36.3 Å². The van der Waals surface area contributed by atoms with Crippen molar-refractivity contribution in [3.63, 3.8) is 0 Å². The molecule has 2 fully saturated rings. The molecule has 0 aliphatic carbocycles. The number of aromatic nitrogens is 4. The van der Waals surface area contributed by atoms with Crippen molar-refractivity contribution in [2.45, 2.75) is 44.3 Å². The summed E-state index contributed by atoms with van der Waals surface area (Å²) in [6.07, 6.45) is -2.74. The van der Waals surface area contributed by atoms with Crippen molar-refractivity contribution in [1.29, 1.82) is 0 Å². The van der Waals surface area contributed by atoms with Gasteiger partial charge in [-0.05, 0) is 44.0 Å². The highest BCUT2D eigenvalue weighted by Gasteiger charge is 2.48. The van der Waals surface area contributed by atoms with Crippen LogP contribution in [0.5, 0.6) is 0 Å². The van der Waals surface area contributed by atoms with Crippen LogP contribution in [0.3, 0.4) is 0 Å². The Kier molecular flexibility index (Phi) is 7.67. The molecule has 2 atom stereocenters. The summed E-state index contributed by atoms with van der Waals surface area (Å²) in [4.78, 5) is 40.2. The summed E-state index contributed by atoms with van der Waals surface area (Å²) >= 11 is 0. The number of halogens is 5. The van der Waals surface area contributed by atoms with Crippen LogP contribution in [0.2, 0.25) is 0 Å². The number of nitrogens with one attached hydrogen (secondary N) is 1.